The first-order valence-electron chi connectivity index (χ1n) is 14.3. The van der Waals surface area contributed by atoms with Crippen LogP contribution in [0.25, 0.3) is 11.3 Å². The van der Waals surface area contributed by atoms with Crippen molar-refractivity contribution in [3.8, 4) is 17.0 Å². The molecule has 1 aromatic heterocycles. The van der Waals surface area contributed by atoms with Crippen LogP contribution in [0.4, 0.5) is 11.4 Å². The average Bonchev–Trinajstić information content (AvgIpc) is 3.65. The maximum Gasteiger partial charge on any atom is 0.299 e. The fourth-order valence-corrected chi connectivity index (χ4v) is 6.16. The standard InChI is InChI=1S/C35H27ClN4O5S/c1-45-26-17-15-25(16-18-26)37-34(43)32(23-11-13-24(36)14-12-23)40(19-30-38-28(21-46-30)22-7-3-2-4-8-22)31(41)20-39-29-10-6-5-9-27(29)33(42)35(39)44/h2-18,21,32H,19-20H2,1H3,(H,37,43). The van der Waals surface area contributed by atoms with E-state index in [4.69, 9.17) is 21.3 Å². The number of rotatable bonds is 10. The molecular weight excluding hydrogens is 624 g/mol. The lowest BCUT2D eigenvalue weighted by molar-refractivity contribution is -0.139. The number of anilines is 2. The first kappa shape index (κ1) is 30.7. The van der Waals surface area contributed by atoms with E-state index in [-0.39, 0.29) is 12.1 Å². The molecule has 1 aliphatic rings. The third-order valence-corrected chi connectivity index (χ3v) is 8.61. The summed E-state index contributed by atoms with van der Waals surface area (Å²) in [5.41, 5.74) is 3.20. The maximum atomic E-state index is 14.3. The van der Waals surface area contributed by atoms with E-state index in [1.165, 1.54) is 16.2 Å². The molecule has 0 saturated carbocycles. The predicted octanol–water partition coefficient (Wildman–Crippen LogP) is 6.41. The van der Waals surface area contributed by atoms with E-state index < -0.39 is 36.1 Å². The smallest absolute Gasteiger partial charge is 0.299 e. The SMILES string of the molecule is COc1ccc(NC(=O)C(c2ccc(Cl)cc2)N(Cc2nc(-c3ccccc3)cs2)C(=O)CN2C(=O)C(=O)c3ccccc32)cc1. The van der Waals surface area contributed by atoms with Crippen LogP contribution in [0.3, 0.4) is 0 Å². The molecule has 1 atom stereocenters. The van der Waals surface area contributed by atoms with Gasteiger partial charge in [0.05, 0.1) is 30.6 Å². The van der Waals surface area contributed by atoms with Gasteiger partial charge in [-0.2, -0.15) is 0 Å². The molecule has 46 heavy (non-hydrogen) atoms. The summed E-state index contributed by atoms with van der Waals surface area (Å²) < 4.78 is 5.24. The van der Waals surface area contributed by atoms with Gasteiger partial charge in [0, 0.05) is 21.7 Å². The summed E-state index contributed by atoms with van der Waals surface area (Å²) in [6.07, 6.45) is 0. The average molecular weight is 651 g/mol. The molecule has 0 radical (unpaired) electrons. The van der Waals surface area contributed by atoms with Crippen LogP contribution < -0.4 is 15.0 Å². The molecule has 0 saturated heterocycles. The number of benzene rings is 4. The Morgan fingerprint density at radius 1 is 0.935 bits per heavy atom. The van der Waals surface area contributed by atoms with E-state index in [2.05, 4.69) is 5.32 Å². The number of hydrogen-bond donors (Lipinski definition) is 1. The molecule has 1 unspecified atom stereocenters. The van der Waals surface area contributed by atoms with Crippen LogP contribution in [0.5, 0.6) is 5.75 Å². The van der Waals surface area contributed by atoms with Gasteiger partial charge in [-0.3, -0.25) is 24.1 Å². The molecule has 9 nitrogen and oxygen atoms in total. The van der Waals surface area contributed by atoms with Crippen LogP contribution in [0.1, 0.15) is 27.0 Å². The van der Waals surface area contributed by atoms with E-state index in [0.29, 0.717) is 32.7 Å². The van der Waals surface area contributed by atoms with Crippen molar-refractivity contribution in [1.29, 1.82) is 0 Å². The third-order valence-electron chi connectivity index (χ3n) is 7.52. The Kier molecular flexibility index (Phi) is 8.91. The molecule has 0 bridgehead atoms. The summed E-state index contributed by atoms with van der Waals surface area (Å²) in [7, 11) is 1.55. The lowest BCUT2D eigenvalue weighted by atomic mass is 10.0. The Morgan fingerprint density at radius 2 is 1.63 bits per heavy atom. The summed E-state index contributed by atoms with van der Waals surface area (Å²) in [6, 6.07) is 28.4. The number of halogens is 1. The Balaban J connectivity index is 1.39. The Bertz CT molecular complexity index is 1910. The second-order valence-electron chi connectivity index (χ2n) is 10.4. The molecule has 230 valence electrons. The molecule has 2 heterocycles. The first-order chi connectivity index (χ1) is 22.3. The number of carbonyl (C=O) groups excluding carboxylic acids is 4. The number of hydrogen-bond acceptors (Lipinski definition) is 7. The number of fused-ring (bicyclic) bond motifs is 1. The van der Waals surface area contributed by atoms with Gasteiger partial charge in [0.15, 0.2) is 0 Å². The number of carbonyl (C=O) groups is 4. The van der Waals surface area contributed by atoms with Gasteiger partial charge in [0.25, 0.3) is 17.6 Å². The van der Waals surface area contributed by atoms with E-state index in [1.807, 2.05) is 35.7 Å². The Hall–Kier alpha value is -5.32. The summed E-state index contributed by atoms with van der Waals surface area (Å²) in [6.45, 7) is -0.504. The van der Waals surface area contributed by atoms with Crippen molar-refractivity contribution in [2.45, 2.75) is 12.6 Å². The van der Waals surface area contributed by atoms with Gasteiger partial charge in [-0.15, -0.1) is 11.3 Å². The van der Waals surface area contributed by atoms with Gasteiger partial charge in [0.1, 0.15) is 23.3 Å². The first-order valence-corrected chi connectivity index (χ1v) is 15.5. The van der Waals surface area contributed by atoms with Crippen LogP contribution in [0, 0.1) is 0 Å². The van der Waals surface area contributed by atoms with Gasteiger partial charge < -0.3 is 15.0 Å². The van der Waals surface area contributed by atoms with Crippen molar-refractivity contribution in [1.82, 2.24) is 9.88 Å². The number of thiazole rings is 1. The molecule has 1 aliphatic heterocycles. The van der Waals surface area contributed by atoms with Crippen molar-refractivity contribution in [2.24, 2.45) is 0 Å². The lowest BCUT2D eigenvalue weighted by Crippen LogP contribution is -2.46. The third kappa shape index (κ3) is 6.39. The number of aromatic nitrogens is 1. The van der Waals surface area contributed by atoms with Gasteiger partial charge in [-0.25, -0.2) is 4.98 Å². The number of ether oxygens (including phenoxy) is 1. The van der Waals surface area contributed by atoms with Gasteiger partial charge >= 0.3 is 0 Å². The Labute approximate surface area is 274 Å². The van der Waals surface area contributed by atoms with Crippen molar-refractivity contribution in [3.63, 3.8) is 0 Å². The normalized spacial score (nSPS) is 12.9. The van der Waals surface area contributed by atoms with E-state index in [1.54, 1.807) is 79.9 Å². The molecule has 11 heteroatoms. The fourth-order valence-electron chi connectivity index (χ4n) is 5.23. The highest BCUT2D eigenvalue weighted by atomic mass is 35.5. The highest BCUT2D eigenvalue weighted by molar-refractivity contribution is 7.09. The molecule has 4 aromatic carbocycles. The number of ketones is 1. The summed E-state index contributed by atoms with van der Waals surface area (Å²) >= 11 is 7.55. The zero-order chi connectivity index (χ0) is 32.2. The second kappa shape index (κ2) is 13.4. The number of nitrogens with zero attached hydrogens (tertiary/aromatic N) is 3. The zero-order valence-electron chi connectivity index (χ0n) is 24.6. The largest absolute Gasteiger partial charge is 0.497 e. The molecule has 0 aliphatic carbocycles. The van der Waals surface area contributed by atoms with Crippen molar-refractivity contribution < 1.29 is 23.9 Å². The van der Waals surface area contributed by atoms with Gasteiger partial charge in [-0.1, -0.05) is 66.2 Å². The molecule has 6 rings (SSSR count). The molecule has 0 fully saturated rings. The minimum atomic E-state index is -1.15. The summed E-state index contributed by atoms with van der Waals surface area (Å²) in [5, 5.41) is 5.84. The minimum absolute atomic E-state index is 0.0444. The number of para-hydroxylation sites is 1. The van der Waals surface area contributed by atoms with Crippen LogP contribution in [-0.2, 0) is 20.9 Å². The monoisotopic (exact) mass is 650 g/mol. The number of methoxy groups -OCH3 is 1. The molecular formula is C35H27ClN4O5S. The summed E-state index contributed by atoms with van der Waals surface area (Å²) in [5.74, 6) is -1.93. The number of Topliss-reactive ketones (excluding diaryl/α,β-unsaturated/α-hetero) is 1. The fraction of sp³-hybridized carbons (Fsp3) is 0.114. The highest BCUT2D eigenvalue weighted by Gasteiger charge is 2.39. The van der Waals surface area contributed by atoms with E-state index >= 15 is 0 Å². The molecule has 0 spiro atoms. The van der Waals surface area contributed by atoms with Gasteiger partial charge in [0.2, 0.25) is 5.91 Å². The van der Waals surface area contributed by atoms with Crippen LogP contribution in [-0.4, -0.2) is 47.0 Å². The quantitative estimate of drug-likeness (QED) is 0.175. The minimum Gasteiger partial charge on any atom is -0.497 e. The molecule has 3 amide bonds. The molecule has 5 aromatic rings. The second-order valence-corrected chi connectivity index (χ2v) is 11.8. The lowest BCUT2D eigenvalue weighted by Gasteiger charge is -2.32. The van der Waals surface area contributed by atoms with Crippen LogP contribution in [0.2, 0.25) is 5.02 Å². The summed E-state index contributed by atoms with van der Waals surface area (Å²) in [4.78, 5) is 61.6. The predicted molar refractivity (Wildman–Crippen MR) is 177 cm³/mol. The molecule has 1 N–H and O–H groups in total. The van der Waals surface area contributed by atoms with E-state index in [9.17, 15) is 19.2 Å². The van der Waals surface area contributed by atoms with Crippen molar-refractivity contribution in [2.75, 3.05) is 23.9 Å². The van der Waals surface area contributed by atoms with Crippen LogP contribution >= 0.6 is 22.9 Å². The highest BCUT2D eigenvalue weighted by Crippen LogP contribution is 2.32. The maximum absolute atomic E-state index is 14.3. The van der Waals surface area contributed by atoms with Gasteiger partial charge in [-0.05, 0) is 54.1 Å². The number of nitrogens with one attached hydrogen (secondary N) is 1. The van der Waals surface area contributed by atoms with Crippen LogP contribution in [0.15, 0.2) is 109 Å². The zero-order valence-corrected chi connectivity index (χ0v) is 26.1. The van der Waals surface area contributed by atoms with Crippen molar-refractivity contribution in [3.05, 3.63) is 130 Å². The Morgan fingerprint density at radius 3 is 2.35 bits per heavy atom. The van der Waals surface area contributed by atoms with E-state index in [0.717, 1.165) is 16.2 Å². The topological polar surface area (TPSA) is 109 Å². The van der Waals surface area contributed by atoms with Crippen molar-refractivity contribution >= 4 is 57.8 Å². The number of amides is 3.